The van der Waals surface area contributed by atoms with Crippen LogP contribution in [-0.4, -0.2) is 58.0 Å². The van der Waals surface area contributed by atoms with Crippen LogP contribution >= 0.6 is 0 Å². The summed E-state index contributed by atoms with van der Waals surface area (Å²) in [6.45, 7) is 17.0. The molecule has 1 aliphatic rings. The third kappa shape index (κ3) is 6.36. The number of amides is 1. The van der Waals surface area contributed by atoms with Crippen LogP contribution in [0.1, 0.15) is 67.4 Å². The van der Waals surface area contributed by atoms with Crippen molar-refractivity contribution < 1.29 is 18.8 Å². The first-order valence-corrected chi connectivity index (χ1v) is 12.1. The van der Waals surface area contributed by atoms with Crippen molar-refractivity contribution in [2.45, 2.75) is 85.0 Å². The van der Waals surface area contributed by atoms with E-state index in [1.165, 1.54) is 0 Å². The van der Waals surface area contributed by atoms with E-state index in [9.17, 15) is 4.79 Å². The molecule has 0 bridgehead atoms. The Hall–Kier alpha value is -2.45. The van der Waals surface area contributed by atoms with Crippen LogP contribution in [-0.2, 0) is 20.5 Å². The van der Waals surface area contributed by atoms with Gasteiger partial charge >= 0.3 is 13.2 Å². The maximum atomic E-state index is 12.3. The van der Waals surface area contributed by atoms with Crippen LogP contribution in [0.2, 0.25) is 0 Å². The second-order valence-corrected chi connectivity index (χ2v) is 10.8. The quantitative estimate of drug-likeness (QED) is 0.553. The molecule has 0 atom stereocenters. The molecule has 0 saturated carbocycles. The first-order chi connectivity index (χ1) is 15.8. The summed E-state index contributed by atoms with van der Waals surface area (Å²) >= 11 is 0. The molecule has 0 N–H and O–H groups in total. The van der Waals surface area contributed by atoms with Gasteiger partial charge in [0, 0.05) is 31.0 Å². The Morgan fingerprint density at radius 1 is 1.09 bits per heavy atom. The van der Waals surface area contributed by atoms with Crippen molar-refractivity contribution in [3.63, 3.8) is 0 Å². The predicted octanol–water partition coefficient (Wildman–Crippen LogP) is 4.63. The van der Waals surface area contributed by atoms with E-state index < -0.39 is 12.7 Å². The van der Waals surface area contributed by atoms with E-state index >= 15 is 0 Å². The van der Waals surface area contributed by atoms with Crippen LogP contribution in [0.4, 0.5) is 4.79 Å². The van der Waals surface area contributed by atoms with Gasteiger partial charge in [0.2, 0.25) is 0 Å². The van der Waals surface area contributed by atoms with Gasteiger partial charge in [0.15, 0.2) is 5.82 Å². The SMILES string of the molecule is CCN(CCCc1cnc(-c2cccc(B3OC(C)(C)C(C)(C)O3)c2)nc1)C(=O)OC(C)(C)C. The van der Waals surface area contributed by atoms with Crippen molar-refractivity contribution in [1.29, 1.82) is 0 Å². The minimum absolute atomic E-state index is 0.275. The van der Waals surface area contributed by atoms with Gasteiger partial charge in [-0.2, -0.15) is 0 Å². The van der Waals surface area contributed by atoms with Crippen LogP contribution in [0, 0.1) is 0 Å². The molecule has 2 aromatic rings. The average Bonchev–Trinajstić information content (AvgIpc) is 2.97. The third-order valence-electron chi connectivity index (χ3n) is 6.30. The molecule has 0 radical (unpaired) electrons. The average molecular weight is 467 g/mol. The summed E-state index contributed by atoms with van der Waals surface area (Å²) in [5.41, 5.74) is 1.64. The van der Waals surface area contributed by atoms with E-state index in [0.29, 0.717) is 18.9 Å². The fourth-order valence-corrected chi connectivity index (χ4v) is 3.62. The molecule has 1 aliphatic heterocycles. The summed E-state index contributed by atoms with van der Waals surface area (Å²) in [6, 6.07) is 7.99. The molecule has 1 aromatic carbocycles. The van der Waals surface area contributed by atoms with Gasteiger partial charge in [-0.1, -0.05) is 24.3 Å². The minimum atomic E-state index is -0.492. The van der Waals surface area contributed by atoms with Crippen molar-refractivity contribution >= 4 is 18.7 Å². The Bertz CT molecular complexity index is 970. The summed E-state index contributed by atoms with van der Waals surface area (Å²) < 4.78 is 17.8. The molecule has 3 rings (SSSR count). The van der Waals surface area contributed by atoms with Gasteiger partial charge < -0.3 is 18.9 Å². The van der Waals surface area contributed by atoms with Crippen LogP contribution in [0.5, 0.6) is 0 Å². The predicted molar refractivity (Wildman–Crippen MR) is 135 cm³/mol. The van der Waals surface area contributed by atoms with Gasteiger partial charge in [-0.15, -0.1) is 0 Å². The summed E-state index contributed by atoms with van der Waals surface area (Å²) in [6.07, 6.45) is 5.03. The molecule has 1 aromatic heterocycles. The van der Waals surface area contributed by atoms with Crippen LogP contribution < -0.4 is 5.46 Å². The topological polar surface area (TPSA) is 73.8 Å². The summed E-state index contributed by atoms with van der Waals surface area (Å²) in [7, 11) is -0.421. The van der Waals surface area contributed by atoms with Crippen molar-refractivity contribution in [3.8, 4) is 11.4 Å². The summed E-state index contributed by atoms with van der Waals surface area (Å²) in [5.74, 6) is 0.658. The number of carbonyl (C=O) groups excluding carboxylic acids is 1. The summed E-state index contributed by atoms with van der Waals surface area (Å²) in [5, 5.41) is 0. The summed E-state index contributed by atoms with van der Waals surface area (Å²) in [4.78, 5) is 23.2. The van der Waals surface area contributed by atoms with E-state index in [2.05, 4.69) is 9.97 Å². The number of rotatable bonds is 7. The molecule has 1 fully saturated rings. The maximum absolute atomic E-state index is 12.3. The Balaban J connectivity index is 1.60. The molecule has 0 unspecified atom stereocenters. The second-order valence-electron chi connectivity index (χ2n) is 10.8. The van der Waals surface area contributed by atoms with E-state index in [4.69, 9.17) is 14.0 Å². The maximum Gasteiger partial charge on any atom is 0.494 e. The Morgan fingerprint density at radius 3 is 2.26 bits per heavy atom. The lowest BCUT2D eigenvalue weighted by Gasteiger charge is -2.32. The number of carbonyl (C=O) groups is 1. The molecule has 8 heteroatoms. The first-order valence-electron chi connectivity index (χ1n) is 12.1. The second kappa shape index (κ2) is 10.0. The van der Waals surface area contributed by atoms with Crippen LogP contribution in [0.3, 0.4) is 0 Å². The molecule has 34 heavy (non-hydrogen) atoms. The van der Waals surface area contributed by atoms with E-state index in [-0.39, 0.29) is 17.3 Å². The van der Waals surface area contributed by atoms with Crippen LogP contribution in [0.15, 0.2) is 36.7 Å². The van der Waals surface area contributed by atoms with E-state index in [1.807, 2.05) is 92.0 Å². The van der Waals surface area contributed by atoms with Crippen molar-refractivity contribution in [3.05, 3.63) is 42.2 Å². The highest BCUT2D eigenvalue weighted by atomic mass is 16.7. The Morgan fingerprint density at radius 2 is 1.71 bits per heavy atom. The zero-order valence-electron chi connectivity index (χ0n) is 21.8. The highest BCUT2D eigenvalue weighted by molar-refractivity contribution is 6.62. The smallest absolute Gasteiger partial charge is 0.444 e. The molecular weight excluding hydrogens is 429 g/mol. The highest BCUT2D eigenvalue weighted by Crippen LogP contribution is 2.36. The molecule has 0 spiro atoms. The van der Waals surface area contributed by atoms with Gasteiger partial charge in [0.05, 0.1) is 11.2 Å². The number of nitrogens with zero attached hydrogens (tertiary/aromatic N) is 3. The normalized spacial score (nSPS) is 17.0. The van der Waals surface area contributed by atoms with Crippen LogP contribution in [0.25, 0.3) is 11.4 Å². The number of hydrogen-bond acceptors (Lipinski definition) is 6. The molecule has 1 saturated heterocycles. The number of aromatic nitrogens is 2. The Kier molecular flexibility index (Phi) is 7.73. The molecule has 184 valence electrons. The molecule has 2 heterocycles. The number of ether oxygens (including phenoxy) is 1. The lowest BCUT2D eigenvalue weighted by atomic mass is 9.78. The largest absolute Gasteiger partial charge is 0.494 e. The van der Waals surface area contributed by atoms with E-state index in [1.54, 1.807) is 4.90 Å². The van der Waals surface area contributed by atoms with E-state index in [0.717, 1.165) is 29.4 Å². The lowest BCUT2D eigenvalue weighted by molar-refractivity contribution is 0.00578. The Labute approximate surface area is 204 Å². The first kappa shape index (κ1) is 26.2. The lowest BCUT2D eigenvalue weighted by Crippen LogP contribution is -2.41. The number of hydrogen-bond donors (Lipinski definition) is 0. The fourth-order valence-electron chi connectivity index (χ4n) is 3.62. The van der Waals surface area contributed by atoms with Crippen molar-refractivity contribution in [2.75, 3.05) is 13.1 Å². The monoisotopic (exact) mass is 467 g/mol. The standard InChI is InChI=1S/C26H38BN3O4/c1-9-30(23(31)32-24(2,3)4)15-11-12-19-17-28-22(29-18-19)20-13-10-14-21(16-20)27-33-25(5,6)26(7,8)34-27/h10,13-14,16-18H,9,11-12,15H2,1-8H3. The zero-order valence-corrected chi connectivity index (χ0v) is 21.8. The third-order valence-corrected chi connectivity index (χ3v) is 6.30. The number of benzene rings is 1. The van der Waals surface area contributed by atoms with Gasteiger partial charge in [-0.05, 0) is 79.3 Å². The van der Waals surface area contributed by atoms with Crippen molar-refractivity contribution in [2.24, 2.45) is 0 Å². The van der Waals surface area contributed by atoms with Gasteiger partial charge in [-0.25, -0.2) is 14.8 Å². The molecule has 0 aliphatic carbocycles. The molecular formula is C26H38BN3O4. The minimum Gasteiger partial charge on any atom is -0.444 e. The number of aryl methyl sites for hydroxylation is 1. The zero-order chi connectivity index (χ0) is 25.1. The van der Waals surface area contributed by atoms with Gasteiger partial charge in [-0.3, -0.25) is 0 Å². The highest BCUT2D eigenvalue weighted by Gasteiger charge is 2.51. The van der Waals surface area contributed by atoms with Crippen molar-refractivity contribution in [1.82, 2.24) is 14.9 Å². The van der Waals surface area contributed by atoms with Gasteiger partial charge in [0.1, 0.15) is 5.60 Å². The van der Waals surface area contributed by atoms with Gasteiger partial charge in [0.25, 0.3) is 0 Å². The molecule has 7 nitrogen and oxygen atoms in total. The fraction of sp³-hybridized carbons (Fsp3) is 0.577. The molecule has 1 amide bonds.